The average Bonchev–Trinajstić information content (AvgIpc) is 2.05. The monoisotopic (exact) mass is 153 g/mol. The first-order chi connectivity index (χ1) is 5.27. The van der Waals surface area contributed by atoms with E-state index in [1.54, 1.807) is 13.2 Å². The summed E-state index contributed by atoms with van der Waals surface area (Å²) in [7, 11) is 1.57. The van der Waals surface area contributed by atoms with Gasteiger partial charge in [0.05, 0.1) is 7.11 Å². The lowest BCUT2D eigenvalue weighted by Crippen LogP contribution is -2.10. The molecule has 60 valence electrons. The third-order valence-electron chi connectivity index (χ3n) is 1.42. The van der Waals surface area contributed by atoms with E-state index in [0.717, 1.165) is 5.56 Å². The number of nitrogens with one attached hydrogen (secondary N) is 1. The summed E-state index contributed by atoms with van der Waals surface area (Å²) >= 11 is 0. The molecule has 0 saturated carbocycles. The molecule has 0 spiro atoms. The molecular weight excluding hydrogens is 142 g/mol. The molecule has 0 unspecified atom stereocenters. The maximum atomic E-state index is 5.21. The molecule has 0 fully saturated rings. The minimum absolute atomic E-state index is 0.559. The standard InChI is InChI=1S/C7H11N3O/c1-5-3-4-6(11-2)9-7(5)10-8/h3-4H,8H2,1-2H3,(H,9,10). The summed E-state index contributed by atoms with van der Waals surface area (Å²) in [5, 5.41) is 0. The normalized spacial score (nSPS) is 9.36. The van der Waals surface area contributed by atoms with Crippen LogP contribution in [0.25, 0.3) is 0 Å². The van der Waals surface area contributed by atoms with Crippen molar-refractivity contribution in [3.05, 3.63) is 17.7 Å². The van der Waals surface area contributed by atoms with E-state index in [9.17, 15) is 0 Å². The van der Waals surface area contributed by atoms with E-state index in [1.165, 1.54) is 0 Å². The molecule has 4 heteroatoms. The largest absolute Gasteiger partial charge is 0.481 e. The summed E-state index contributed by atoms with van der Waals surface area (Å²) in [4.78, 5) is 4.05. The fraction of sp³-hybridized carbons (Fsp3) is 0.286. The number of ether oxygens (including phenoxy) is 1. The van der Waals surface area contributed by atoms with Crippen LogP contribution >= 0.6 is 0 Å². The molecule has 0 bridgehead atoms. The fourth-order valence-corrected chi connectivity index (χ4v) is 0.771. The van der Waals surface area contributed by atoms with Crippen molar-refractivity contribution in [2.75, 3.05) is 12.5 Å². The van der Waals surface area contributed by atoms with Crippen LogP contribution in [0.15, 0.2) is 12.1 Å². The number of anilines is 1. The van der Waals surface area contributed by atoms with Crippen molar-refractivity contribution in [3.8, 4) is 5.88 Å². The predicted octanol–water partition coefficient (Wildman–Crippen LogP) is 0.684. The number of nitrogen functional groups attached to an aromatic ring is 1. The summed E-state index contributed by atoms with van der Waals surface area (Å²) in [5.74, 6) is 6.41. The van der Waals surface area contributed by atoms with Crippen molar-refractivity contribution < 1.29 is 4.74 Å². The number of nitrogens with two attached hydrogens (primary N) is 1. The van der Waals surface area contributed by atoms with Gasteiger partial charge in [0, 0.05) is 6.07 Å². The second-order valence-corrected chi connectivity index (χ2v) is 2.16. The molecule has 11 heavy (non-hydrogen) atoms. The number of nitrogens with zero attached hydrogens (tertiary/aromatic N) is 1. The van der Waals surface area contributed by atoms with Gasteiger partial charge in [-0.15, -0.1) is 0 Å². The molecule has 0 aliphatic rings. The zero-order valence-corrected chi connectivity index (χ0v) is 6.59. The van der Waals surface area contributed by atoms with Gasteiger partial charge in [-0.05, 0) is 12.5 Å². The molecule has 0 aromatic carbocycles. The lowest BCUT2D eigenvalue weighted by atomic mass is 10.3. The van der Waals surface area contributed by atoms with Crippen molar-refractivity contribution in [2.24, 2.45) is 5.84 Å². The van der Waals surface area contributed by atoms with Crippen LogP contribution in [0.5, 0.6) is 5.88 Å². The number of pyridine rings is 1. The first-order valence-corrected chi connectivity index (χ1v) is 3.26. The zero-order valence-electron chi connectivity index (χ0n) is 6.59. The Morgan fingerprint density at radius 3 is 2.82 bits per heavy atom. The number of aryl methyl sites for hydroxylation is 1. The number of hydrogen-bond acceptors (Lipinski definition) is 4. The fourth-order valence-electron chi connectivity index (χ4n) is 0.771. The molecule has 3 N–H and O–H groups in total. The van der Waals surface area contributed by atoms with Gasteiger partial charge in [-0.2, -0.15) is 4.98 Å². The van der Waals surface area contributed by atoms with Crippen LogP contribution < -0.4 is 16.0 Å². The quantitative estimate of drug-likeness (QED) is 0.484. The topological polar surface area (TPSA) is 60.2 Å². The molecule has 1 rings (SSSR count). The number of rotatable bonds is 2. The van der Waals surface area contributed by atoms with Gasteiger partial charge in [0.1, 0.15) is 5.82 Å². The maximum absolute atomic E-state index is 5.21. The highest BCUT2D eigenvalue weighted by Crippen LogP contribution is 2.14. The van der Waals surface area contributed by atoms with Crippen LogP contribution in [0.2, 0.25) is 0 Å². The molecule has 0 atom stereocenters. The Labute approximate surface area is 65.4 Å². The predicted molar refractivity (Wildman–Crippen MR) is 43.3 cm³/mol. The number of aromatic nitrogens is 1. The summed E-state index contributed by atoms with van der Waals surface area (Å²) in [6.45, 7) is 1.92. The van der Waals surface area contributed by atoms with Crippen molar-refractivity contribution in [1.29, 1.82) is 0 Å². The smallest absolute Gasteiger partial charge is 0.214 e. The van der Waals surface area contributed by atoms with E-state index in [4.69, 9.17) is 10.6 Å². The molecule has 0 amide bonds. The molecule has 0 aliphatic carbocycles. The molecule has 1 heterocycles. The lowest BCUT2D eigenvalue weighted by molar-refractivity contribution is 0.398. The SMILES string of the molecule is COc1ccc(C)c(NN)n1. The highest BCUT2D eigenvalue weighted by atomic mass is 16.5. The van der Waals surface area contributed by atoms with Crippen LogP contribution in [0, 0.1) is 6.92 Å². The Hall–Kier alpha value is -1.29. The number of hydrogen-bond donors (Lipinski definition) is 2. The Bertz CT molecular complexity index is 249. The summed E-state index contributed by atoms with van der Waals surface area (Å²) < 4.78 is 4.90. The van der Waals surface area contributed by atoms with Crippen molar-refractivity contribution in [3.63, 3.8) is 0 Å². The van der Waals surface area contributed by atoms with E-state index in [1.807, 2.05) is 13.0 Å². The highest BCUT2D eigenvalue weighted by Gasteiger charge is 1.98. The van der Waals surface area contributed by atoms with E-state index >= 15 is 0 Å². The molecular formula is C7H11N3O. The van der Waals surface area contributed by atoms with E-state index in [0.29, 0.717) is 11.7 Å². The van der Waals surface area contributed by atoms with Gasteiger partial charge in [0.15, 0.2) is 0 Å². The van der Waals surface area contributed by atoms with Gasteiger partial charge in [-0.1, -0.05) is 6.07 Å². The van der Waals surface area contributed by atoms with Crippen LogP contribution in [-0.4, -0.2) is 12.1 Å². The molecule has 1 aromatic rings. The highest BCUT2D eigenvalue weighted by molar-refractivity contribution is 5.44. The third kappa shape index (κ3) is 1.59. The lowest BCUT2D eigenvalue weighted by Gasteiger charge is -2.04. The number of hydrazine groups is 1. The first kappa shape index (κ1) is 7.81. The zero-order chi connectivity index (χ0) is 8.27. The molecule has 4 nitrogen and oxygen atoms in total. The Kier molecular flexibility index (Phi) is 2.28. The van der Waals surface area contributed by atoms with Gasteiger partial charge in [-0.25, -0.2) is 5.84 Å². The maximum Gasteiger partial charge on any atom is 0.214 e. The summed E-state index contributed by atoms with van der Waals surface area (Å²) in [5.41, 5.74) is 3.47. The van der Waals surface area contributed by atoms with E-state index in [2.05, 4.69) is 10.4 Å². The van der Waals surface area contributed by atoms with E-state index in [-0.39, 0.29) is 0 Å². The first-order valence-electron chi connectivity index (χ1n) is 3.26. The van der Waals surface area contributed by atoms with Crippen molar-refractivity contribution in [1.82, 2.24) is 4.98 Å². The van der Waals surface area contributed by atoms with Crippen molar-refractivity contribution >= 4 is 5.82 Å². The summed E-state index contributed by atoms with van der Waals surface area (Å²) in [6.07, 6.45) is 0. The minimum Gasteiger partial charge on any atom is -0.481 e. The average molecular weight is 153 g/mol. The van der Waals surface area contributed by atoms with Crippen LogP contribution in [0.1, 0.15) is 5.56 Å². The molecule has 0 saturated heterocycles. The van der Waals surface area contributed by atoms with Crippen LogP contribution in [0.3, 0.4) is 0 Å². The van der Waals surface area contributed by atoms with Gasteiger partial charge in [0.25, 0.3) is 0 Å². The second kappa shape index (κ2) is 3.21. The molecule has 0 radical (unpaired) electrons. The Morgan fingerprint density at radius 1 is 1.55 bits per heavy atom. The third-order valence-corrected chi connectivity index (χ3v) is 1.42. The van der Waals surface area contributed by atoms with Gasteiger partial charge >= 0.3 is 0 Å². The van der Waals surface area contributed by atoms with Crippen LogP contribution in [0.4, 0.5) is 5.82 Å². The van der Waals surface area contributed by atoms with Gasteiger partial charge in [-0.3, -0.25) is 0 Å². The number of methoxy groups -OCH3 is 1. The van der Waals surface area contributed by atoms with Gasteiger partial charge < -0.3 is 10.2 Å². The molecule has 1 aromatic heterocycles. The van der Waals surface area contributed by atoms with Crippen molar-refractivity contribution in [2.45, 2.75) is 6.92 Å². The summed E-state index contributed by atoms with van der Waals surface area (Å²) in [6, 6.07) is 3.68. The minimum atomic E-state index is 0.559. The van der Waals surface area contributed by atoms with Crippen LogP contribution in [-0.2, 0) is 0 Å². The van der Waals surface area contributed by atoms with Gasteiger partial charge in [0.2, 0.25) is 5.88 Å². The van der Waals surface area contributed by atoms with E-state index < -0.39 is 0 Å². The molecule has 0 aliphatic heterocycles. The second-order valence-electron chi connectivity index (χ2n) is 2.16. The Balaban J connectivity index is 3.02. The Morgan fingerprint density at radius 2 is 2.27 bits per heavy atom.